The smallest absolute Gasteiger partial charge is 0.272 e. The van der Waals surface area contributed by atoms with Gasteiger partial charge in [0, 0.05) is 39.3 Å². The van der Waals surface area contributed by atoms with Crippen LogP contribution >= 0.6 is 0 Å². The highest BCUT2D eigenvalue weighted by Crippen LogP contribution is 2.13. The second-order valence-corrected chi connectivity index (χ2v) is 5.36. The van der Waals surface area contributed by atoms with Crippen molar-refractivity contribution in [1.82, 2.24) is 19.4 Å². The molecule has 1 aliphatic heterocycles. The van der Waals surface area contributed by atoms with Crippen LogP contribution in [0.25, 0.3) is 0 Å². The molecule has 1 unspecified atom stereocenters. The first-order valence-electron chi connectivity index (χ1n) is 7.37. The molecule has 2 N–H and O–H groups in total. The summed E-state index contributed by atoms with van der Waals surface area (Å²) in [4.78, 5) is 20.8. The van der Waals surface area contributed by atoms with Gasteiger partial charge >= 0.3 is 0 Å². The van der Waals surface area contributed by atoms with Crippen molar-refractivity contribution in [2.75, 3.05) is 32.7 Å². The molecule has 0 aliphatic carbocycles. The Kier molecular flexibility index (Phi) is 5.14. The molecule has 1 saturated heterocycles. The van der Waals surface area contributed by atoms with Crippen molar-refractivity contribution in [3.63, 3.8) is 0 Å². The van der Waals surface area contributed by atoms with Gasteiger partial charge in [0.2, 0.25) is 0 Å². The molecule has 2 rings (SSSR count). The second-order valence-electron chi connectivity index (χ2n) is 5.36. The number of carbonyl (C=O) groups excluding carboxylic acids is 1. The highest BCUT2D eigenvalue weighted by molar-refractivity contribution is 5.92. The van der Waals surface area contributed by atoms with Gasteiger partial charge in [0.1, 0.15) is 5.69 Å². The normalized spacial score (nSPS) is 18.2. The quantitative estimate of drug-likeness (QED) is 0.842. The van der Waals surface area contributed by atoms with Crippen molar-refractivity contribution in [3.05, 3.63) is 18.2 Å². The molecule has 6 nitrogen and oxygen atoms in total. The third kappa shape index (κ3) is 3.19. The Balaban J connectivity index is 1.91. The molecule has 6 heteroatoms. The van der Waals surface area contributed by atoms with Gasteiger partial charge in [0.05, 0.1) is 12.5 Å². The van der Waals surface area contributed by atoms with E-state index in [1.165, 1.54) is 0 Å². The molecule has 0 spiro atoms. The Morgan fingerprint density at radius 2 is 2.10 bits per heavy atom. The summed E-state index contributed by atoms with van der Waals surface area (Å²) in [6.45, 7) is 6.36. The Morgan fingerprint density at radius 3 is 2.60 bits per heavy atom. The molecular formula is C14H25N5O. The maximum absolute atomic E-state index is 12.4. The standard InChI is InChI=1S/C14H25N5O/c1-3-12(4-5-15)18-6-8-19(9-7-18)14(20)13-10-16-11-17(13)2/h10-12H,3-9,15H2,1-2H3. The van der Waals surface area contributed by atoms with Gasteiger partial charge in [-0.05, 0) is 19.4 Å². The lowest BCUT2D eigenvalue weighted by molar-refractivity contribution is 0.0548. The lowest BCUT2D eigenvalue weighted by Crippen LogP contribution is -2.52. The zero-order valence-electron chi connectivity index (χ0n) is 12.5. The van der Waals surface area contributed by atoms with E-state index in [9.17, 15) is 4.79 Å². The van der Waals surface area contributed by atoms with Gasteiger partial charge in [-0.3, -0.25) is 9.69 Å². The molecule has 0 saturated carbocycles. The van der Waals surface area contributed by atoms with E-state index < -0.39 is 0 Å². The highest BCUT2D eigenvalue weighted by atomic mass is 16.2. The number of hydrogen-bond acceptors (Lipinski definition) is 4. The fourth-order valence-corrected chi connectivity index (χ4v) is 2.85. The molecule has 1 atom stereocenters. The van der Waals surface area contributed by atoms with Crippen LogP contribution in [0.2, 0.25) is 0 Å². The molecule has 0 radical (unpaired) electrons. The Labute approximate surface area is 120 Å². The molecule has 1 aromatic heterocycles. The number of piperazine rings is 1. The first-order chi connectivity index (χ1) is 9.67. The SMILES string of the molecule is CCC(CCN)N1CCN(C(=O)c2cncn2C)CC1. The van der Waals surface area contributed by atoms with Gasteiger partial charge in [0.15, 0.2) is 0 Å². The van der Waals surface area contributed by atoms with Gasteiger partial charge in [0.25, 0.3) is 5.91 Å². The van der Waals surface area contributed by atoms with Crippen molar-refractivity contribution < 1.29 is 4.79 Å². The van der Waals surface area contributed by atoms with Crippen LogP contribution in [0.4, 0.5) is 0 Å². The van der Waals surface area contributed by atoms with Crippen molar-refractivity contribution in [2.24, 2.45) is 12.8 Å². The van der Waals surface area contributed by atoms with E-state index in [1.807, 2.05) is 11.9 Å². The Hall–Kier alpha value is -1.40. The zero-order chi connectivity index (χ0) is 14.5. The van der Waals surface area contributed by atoms with Crippen molar-refractivity contribution in [1.29, 1.82) is 0 Å². The summed E-state index contributed by atoms with van der Waals surface area (Å²) in [5, 5.41) is 0. The molecule has 1 amide bonds. The Bertz CT molecular complexity index is 437. The number of amides is 1. The van der Waals surface area contributed by atoms with Crippen LogP contribution < -0.4 is 5.73 Å². The summed E-state index contributed by atoms with van der Waals surface area (Å²) < 4.78 is 1.78. The molecule has 1 fully saturated rings. The minimum absolute atomic E-state index is 0.0801. The number of aromatic nitrogens is 2. The van der Waals surface area contributed by atoms with E-state index in [1.54, 1.807) is 17.1 Å². The third-order valence-corrected chi connectivity index (χ3v) is 4.12. The monoisotopic (exact) mass is 279 g/mol. The Morgan fingerprint density at radius 1 is 1.40 bits per heavy atom. The second kappa shape index (κ2) is 6.85. The molecule has 0 aromatic carbocycles. The van der Waals surface area contributed by atoms with Crippen LogP contribution in [0.5, 0.6) is 0 Å². The van der Waals surface area contributed by atoms with E-state index in [2.05, 4.69) is 16.8 Å². The molecule has 1 aromatic rings. The van der Waals surface area contributed by atoms with Gasteiger partial charge in [-0.2, -0.15) is 0 Å². The number of aryl methyl sites for hydroxylation is 1. The number of rotatable bonds is 5. The molecule has 112 valence electrons. The van der Waals surface area contributed by atoms with Crippen LogP contribution in [0, 0.1) is 0 Å². The predicted molar refractivity (Wildman–Crippen MR) is 78.4 cm³/mol. The van der Waals surface area contributed by atoms with Gasteiger partial charge in [-0.1, -0.05) is 6.92 Å². The van der Waals surface area contributed by atoms with Crippen molar-refractivity contribution >= 4 is 5.91 Å². The summed E-state index contributed by atoms with van der Waals surface area (Å²) in [7, 11) is 1.85. The topological polar surface area (TPSA) is 67.4 Å². The minimum atomic E-state index is 0.0801. The van der Waals surface area contributed by atoms with E-state index >= 15 is 0 Å². The van der Waals surface area contributed by atoms with Crippen LogP contribution in [0.1, 0.15) is 30.3 Å². The lowest BCUT2D eigenvalue weighted by Gasteiger charge is -2.39. The number of nitrogens with zero attached hydrogens (tertiary/aromatic N) is 4. The average Bonchev–Trinajstić information content (AvgIpc) is 2.90. The maximum Gasteiger partial charge on any atom is 0.272 e. The van der Waals surface area contributed by atoms with Crippen LogP contribution in [-0.2, 0) is 7.05 Å². The minimum Gasteiger partial charge on any atom is -0.335 e. The fraction of sp³-hybridized carbons (Fsp3) is 0.714. The number of carbonyl (C=O) groups is 1. The molecular weight excluding hydrogens is 254 g/mol. The molecule has 2 heterocycles. The van der Waals surface area contributed by atoms with E-state index in [4.69, 9.17) is 5.73 Å². The van der Waals surface area contributed by atoms with Crippen LogP contribution in [0.15, 0.2) is 12.5 Å². The number of hydrogen-bond donors (Lipinski definition) is 1. The average molecular weight is 279 g/mol. The van der Waals surface area contributed by atoms with Gasteiger partial charge < -0.3 is 15.2 Å². The van der Waals surface area contributed by atoms with Gasteiger partial charge in [-0.15, -0.1) is 0 Å². The molecule has 0 bridgehead atoms. The first-order valence-corrected chi connectivity index (χ1v) is 7.37. The molecule has 20 heavy (non-hydrogen) atoms. The van der Waals surface area contributed by atoms with Crippen molar-refractivity contribution in [2.45, 2.75) is 25.8 Å². The van der Waals surface area contributed by atoms with Crippen LogP contribution in [0.3, 0.4) is 0 Å². The first kappa shape index (κ1) is 15.0. The highest BCUT2D eigenvalue weighted by Gasteiger charge is 2.26. The maximum atomic E-state index is 12.4. The summed E-state index contributed by atoms with van der Waals surface area (Å²) in [5.74, 6) is 0.0801. The van der Waals surface area contributed by atoms with E-state index in [0.29, 0.717) is 11.7 Å². The predicted octanol–water partition coefficient (Wildman–Crippen LogP) is 0.305. The number of nitrogens with two attached hydrogens (primary N) is 1. The summed E-state index contributed by atoms with van der Waals surface area (Å²) in [6, 6.07) is 0.550. The van der Waals surface area contributed by atoms with Crippen molar-refractivity contribution in [3.8, 4) is 0 Å². The zero-order valence-corrected chi connectivity index (χ0v) is 12.5. The number of imidazole rings is 1. The van der Waals surface area contributed by atoms with E-state index in [-0.39, 0.29) is 5.91 Å². The lowest BCUT2D eigenvalue weighted by atomic mass is 10.1. The third-order valence-electron chi connectivity index (χ3n) is 4.12. The largest absolute Gasteiger partial charge is 0.335 e. The summed E-state index contributed by atoms with van der Waals surface area (Å²) in [5.41, 5.74) is 6.33. The summed E-state index contributed by atoms with van der Waals surface area (Å²) in [6.07, 6.45) is 5.45. The van der Waals surface area contributed by atoms with Gasteiger partial charge in [-0.25, -0.2) is 4.98 Å². The van der Waals surface area contributed by atoms with E-state index in [0.717, 1.165) is 45.6 Å². The van der Waals surface area contributed by atoms with Crippen LogP contribution in [-0.4, -0.2) is 64.0 Å². The summed E-state index contributed by atoms with van der Waals surface area (Å²) >= 11 is 0. The molecule has 1 aliphatic rings. The fourth-order valence-electron chi connectivity index (χ4n) is 2.85.